The van der Waals surface area contributed by atoms with Gasteiger partial charge < -0.3 is 9.84 Å². The molecule has 0 radical (unpaired) electrons. The quantitative estimate of drug-likeness (QED) is 0.899. The van der Waals surface area contributed by atoms with E-state index in [0.29, 0.717) is 29.5 Å². The predicted octanol–water partition coefficient (Wildman–Crippen LogP) is 4.55. The maximum atomic E-state index is 13.1. The van der Waals surface area contributed by atoms with Crippen LogP contribution in [0.3, 0.4) is 0 Å². The van der Waals surface area contributed by atoms with Gasteiger partial charge in [0.05, 0.1) is 0 Å². The van der Waals surface area contributed by atoms with Gasteiger partial charge in [0.25, 0.3) is 0 Å². The van der Waals surface area contributed by atoms with E-state index in [0.717, 1.165) is 18.5 Å². The number of fused-ring (bicyclic) bond motifs is 1. The van der Waals surface area contributed by atoms with Crippen molar-refractivity contribution in [2.24, 2.45) is 5.92 Å². The van der Waals surface area contributed by atoms with Crippen molar-refractivity contribution in [3.63, 3.8) is 0 Å². The van der Waals surface area contributed by atoms with Crippen LogP contribution >= 0.6 is 0 Å². The van der Waals surface area contributed by atoms with Crippen molar-refractivity contribution in [1.29, 1.82) is 0 Å². The first-order valence-electron chi connectivity index (χ1n) is 8.66. The molecule has 24 heavy (non-hydrogen) atoms. The zero-order chi connectivity index (χ0) is 17.3. The Morgan fingerprint density at radius 3 is 2.88 bits per heavy atom. The molecule has 1 N–H and O–H groups in total. The Hall–Kier alpha value is -2.30. The van der Waals surface area contributed by atoms with Crippen molar-refractivity contribution in [3.8, 4) is 0 Å². The summed E-state index contributed by atoms with van der Waals surface area (Å²) >= 11 is 0. The number of anilines is 2. The number of benzene rings is 1. The summed E-state index contributed by atoms with van der Waals surface area (Å²) < 4.78 is 5.29. The Labute approximate surface area is 143 Å². The number of para-hydroxylation sites is 1. The minimum Gasteiger partial charge on any atom is -0.359 e. The summed E-state index contributed by atoms with van der Waals surface area (Å²) in [7, 11) is 0. The number of hydrogen-bond donors (Lipinski definition) is 1. The molecule has 0 aliphatic carbocycles. The second kappa shape index (κ2) is 6.67. The van der Waals surface area contributed by atoms with Crippen LogP contribution in [0.1, 0.15) is 44.2 Å². The molecule has 0 unspecified atom stereocenters. The Bertz CT molecular complexity index is 736. The lowest BCUT2D eigenvalue weighted by molar-refractivity contribution is 0.250. The summed E-state index contributed by atoms with van der Waals surface area (Å²) in [6.07, 6.45) is 2.68. The van der Waals surface area contributed by atoms with Crippen LogP contribution in [0, 0.1) is 12.8 Å². The highest BCUT2D eigenvalue weighted by molar-refractivity contribution is 6.03. The number of carbonyl (C=O) groups excluding carboxylic acids is 1. The van der Waals surface area contributed by atoms with Gasteiger partial charge in [0, 0.05) is 18.2 Å². The molecule has 0 saturated heterocycles. The largest absolute Gasteiger partial charge is 0.359 e. The molecule has 1 aromatic carbocycles. The average molecular weight is 327 g/mol. The molecule has 2 heterocycles. The summed E-state index contributed by atoms with van der Waals surface area (Å²) in [6.45, 7) is 8.17. The van der Waals surface area contributed by atoms with Crippen molar-refractivity contribution in [3.05, 3.63) is 41.3 Å². The molecule has 0 fully saturated rings. The van der Waals surface area contributed by atoms with Crippen LogP contribution in [-0.2, 0) is 12.8 Å². The zero-order valence-electron chi connectivity index (χ0n) is 14.8. The second-order valence-corrected chi connectivity index (χ2v) is 6.70. The Morgan fingerprint density at radius 2 is 2.17 bits per heavy atom. The van der Waals surface area contributed by atoms with E-state index in [1.165, 1.54) is 5.56 Å². The third kappa shape index (κ3) is 2.90. The minimum atomic E-state index is -0.109. The van der Waals surface area contributed by atoms with Crippen LogP contribution < -0.4 is 10.2 Å². The Balaban J connectivity index is 1.95. The van der Waals surface area contributed by atoms with Crippen LogP contribution in [-0.4, -0.2) is 17.2 Å². The van der Waals surface area contributed by atoms with E-state index in [2.05, 4.69) is 30.4 Å². The summed E-state index contributed by atoms with van der Waals surface area (Å²) in [5.74, 6) is 1.10. The molecule has 2 aromatic rings. The Morgan fingerprint density at radius 1 is 1.42 bits per heavy atom. The molecule has 5 heteroatoms. The third-order valence-corrected chi connectivity index (χ3v) is 4.77. The van der Waals surface area contributed by atoms with Gasteiger partial charge >= 0.3 is 6.03 Å². The van der Waals surface area contributed by atoms with Gasteiger partial charge in [-0.25, -0.2) is 4.79 Å². The van der Waals surface area contributed by atoms with E-state index >= 15 is 0 Å². The van der Waals surface area contributed by atoms with E-state index in [4.69, 9.17) is 4.52 Å². The number of hydrogen-bond acceptors (Lipinski definition) is 3. The number of aryl methyl sites for hydroxylation is 3. The first kappa shape index (κ1) is 16.6. The predicted molar refractivity (Wildman–Crippen MR) is 95.5 cm³/mol. The highest BCUT2D eigenvalue weighted by atomic mass is 16.5. The molecule has 5 nitrogen and oxygen atoms in total. The number of amides is 2. The van der Waals surface area contributed by atoms with Crippen molar-refractivity contribution < 1.29 is 9.32 Å². The summed E-state index contributed by atoms with van der Waals surface area (Å²) in [4.78, 5) is 15.0. The van der Waals surface area contributed by atoms with Crippen molar-refractivity contribution in [2.75, 3.05) is 10.2 Å². The smallest absolute Gasteiger partial charge is 0.326 e. The van der Waals surface area contributed by atoms with Gasteiger partial charge in [-0.1, -0.05) is 44.1 Å². The van der Waals surface area contributed by atoms with Gasteiger partial charge in [0.2, 0.25) is 0 Å². The number of urea groups is 1. The van der Waals surface area contributed by atoms with Crippen LogP contribution in [0.25, 0.3) is 0 Å². The van der Waals surface area contributed by atoms with Gasteiger partial charge in [-0.15, -0.1) is 0 Å². The van der Waals surface area contributed by atoms with Crippen LogP contribution in [0.5, 0.6) is 0 Å². The standard InChI is InChI=1S/C19H25N3O2/c1-5-17-18(13(4)21-24-17)20-19(23)22-15(12(2)3)11-10-14-8-6-7-9-16(14)22/h6-9,12,15H,5,10-11H2,1-4H3,(H,20,23)/t15-/m0/s1. The number of carbonyl (C=O) groups is 1. The van der Waals surface area contributed by atoms with Crippen LogP contribution in [0.4, 0.5) is 16.2 Å². The zero-order valence-corrected chi connectivity index (χ0v) is 14.8. The average Bonchev–Trinajstić information content (AvgIpc) is 2.93. The number of rotatable bonds is 3. The van der Waals surface area contributed by atoms with E-state index in [1.807, 2.05) is 36.9 Å². The number of nitrogens with one attached hydrogen (secondary N) is 1. The monoisotopic (exact) mass is 327 g/mol. The molecular weight excluding hydrogens is 302 g/mol. The second-order valence-electron chi connectivity index (χ2n) is 6.70. The molecule has 1 aromatic heterocycles. The van der Waals surface area contributed by atoms with Gasteiger partial charge in [-0.2, -0.15) is 0 Å². The molecule has 128 valence electrons. The normalized spacial score (nSPS) is 17.0. The molecule has 0 bridgehead atoms. The van der Waals surface area contributed by atoms with Crippen molar-refractivity contribution >= 4 is 17.4 Å². The highest BCUT2D eigenvalue weighted by Crippen LogP contribution is 2.34. The maximum absolute atomic E-state index is 13.1. The van der Waals surface area contributed by atoms with E-state index in [9.17, 15) is 4.79 Å². The van der Waals surface area contributed by atoms with E-state index in [1.54, 1.807) is 0 Å². The molecule has 1 aliphatic heterocycles. The summed E-state index contributed by atoms with van der Waals surface area (Å²) in [6, 6.07) is 8.24. The fourth-order valence-electron chi connectivity index (χ4n) is 3.45. The minimum absolute atomic E-state index is 0.109. The van der Waals surface area contributed by atoms with Crippen LogP contribution in [0.2, 0.25) is 0 Å². The van der Waals surface area contributed by atoms with E-state index in [-0.39, 0.29) is 12.1 Å². The molecule has 3 rings (SSSR count). The molecule has 2 amide bonds. The van der Waals surface area contributed by atoms with Crippen LogP contribution in [0.15, 0.2) is 28.8 Å². The molecule has 1 atom stereocenters. The lowest BCUT2D eigenvalue weighted by Gasteiger charge is -2.39. The van der Waals surface area contributed by atoms with Gasteiger partial charge in [-0.3, -0.25) is 4.90 Å². The van der Waals surface area contributed by atoms with E-state index < -0.39 is 0 Å². The molecule has 1 aliphatic rings. The first-order chi connectivity index (χ1) is 11.5. The fourth-order valence-corrected chi connectivity index (χ4v) is 3.45. The van der Waals surface area contributed by atoms with Crippen molar-refractivity contribution in [1.82, 2.24) is 5.16 Å². The maximum Gasteiger partial charge on any atom is 0.326 e. The SMILES string of the molecule is CCc1onc(C)c1NC(=O)N1c2ccccc2CC[C@H]1C(C)C. The summed E-state index contributed by atoms with van der Waals surface area (Å²) in [5, 5.41) is 7.01. The number of aromatic nitrogens is 1. The lowest BCUT2D eigenvalue weighted by atomic mass is 9.89. The van der Waals surface area contributed by atoms with Gasteiger partial charge in [0.15, 0.2) is 5.76 Å². The number of nitrogens with zero attached hydrogens (tertiary/aromatic N) is 2. The topological polar surface area (TPSA) is 58.4 Å². The third-order valence-electron chi connectivity index (χ3n) is 4.77. The fraction of sp³-hybridized carbons (Fsp3) is 0.474. The molecular formula is C19H25N3O2. The Kier molecular flexibility index (Phi) is 4.60. The summed E-state index contributed by atoms with van der Waals surface area (Å²) in [5.41, 5.74) is 3.65. The highest BCUT2D eigenvalue weighted by Gasteiger charge is 2.33. The van der Waals surface area contributed by atoms with Gasteiger partial charge in [-0.05, 0) is 37.3 Å². The first-order valence-corrected chi connectivity index (χ1v) is 8.66. The molecule has 0 spiro atoms. The lowest BCUT2D eigenvalue weighted by Crippen LogP contribution is -2.48. The van der Waals surface area contributed by atoms with Gasteiger partial charge in [0.1, 0.15) is 11.4 Å². The van der Waals surface area contributed by atoms with Crippen molar-refractivity contribution in [2.45, 2.75) is 53.0 Å². The molecule has 0 saturated carbocycles.